The molecule has 2 heteroatoms. The summed E-state index contributed by atoms with van der Waals surface area (Å²) < 4.78 is 0. The van der Waals surface area contributed by atoms with Crippen molar-refractivity contribution in [1.82, 2.24) is 10.2 Å². The second kappa shape index (κ2) is 3.97. The Morgan fingerprint density at radius 2 is 2.15 bits per heavy atom. The van der Waals surface area contributed by atoms with Gasteiger partial charge in [0.15, 0.2) is 0 Å². The summed E-state index contributed by atoms with van der Waals surface area (Å²) in [5, 5.41) is 3.57. The fourth-order valence-electron chi connectivity index (χ4n) is 2.66. The van der Waals surface area contributed by atoms with Gasteiger partial charge < -0.3 is 5.32 Å². The van der Waals surface area contributed by atoms with Crippen LogP contribution in [0.25, 0.3) is 0 Å². The summed E-state index contributed by atoms with van der Waals surface area (Å²) in [5.74, 6) is 0.995. The van der Waals surface area contributed by atoms with Crippen LogP contribution < -0.4 is 5.32 Å². The highest BCUT2D eigenvalue weighted by molar-refractivity contribution is 4.91. The van der Waals surface area contributed by atoms with E-state index in [0.29, 0.717) is 6.04 Å². The third-order valence-corrected chi connectivity index (χ3v) is 3.75. The molecule has 0 radical (unpaired) electrons. The maximum atomic E-state index is 3.57. The van der Waals surface area contributed by atoms with Crippen LogP contribution in [0.2, 0.25) is 0 Å². The monoisotopic (exact) mass is 182 g/mol. The first kappa shape index (κ1) is 9.47. The first-order valence-corrected chi connectivity index (χ1v) is 5.78. The molecule has 2 heterocycles. The summed E-state index contributed by atoms with van der Waals surface area (Å²) in [6, 6.07) is 1.54. The summed E-state index contributed by atoms with van der Waals surface area (Å²) >= 11 is 0. The summed E-state index contributed by atoms with van der Waals surface area (Å²) in [6.07, 6.45) is 4.14. The van der Waals surface area contributed by atoms with E-state index in [9.17, 15) is 0 Å². The van der Waals surface area contributed by atoms with Crippen LogP contribution in [-0.2, 0) is 0 Å². The molecular formula is C11H22N2. The van der Waals surface area contributed by atoms with E-state index in [1.807, 2.05) is 0 Å². The van der Waals surface area contributed by atoms with E-state index in [1.54, 1.807) is 0 Å². The lowest BCUT2D eigenvalue weighted by Crippen LogP contribution is -2.59. The van der Waals surface area contributed by atoms with Gasteiger partial charge in [0.25, 0.3) is 0 Å². The molecule has 0 saturated carbocycles. The highest BCUT2D eigenvalue weighted by Gasteiger charge is 2.34. The SMILES string of the molecule is CCC1CN([C@@H]2CCCN[C@@H]2C)C1. The van der Waals surface area contributed by atoms with Crippen molar-refractivity contribution in [1.29, 1.82) is 0 Å². The summed E-state index contributed by atoms with van der Waals surface area (Å²) in [7, 11) is 0. The normalized spacial score (nSPS) is 37.4. The zero-order valence-electron chi connectivity index (χ0n) is 8.92. The number of hydrogen-bond donors (Lipinski definition) is 1. The van der Waals surface area contributed by atoms with Gasteiger partial charge in [-0.2, -0.15) is 0 Å². The number of hydrogen-bond acceptors (Lipinski definition) is 2. The fraction of sp³-hybridized carbons (Fsp3) is 1.00. The Morgan fingerprint density at radius 1 is 1.38 bits per heavy atom. The number of likely N-dealkylation sites (tertiary alicyclic amines) is 1. The number of piperidine rings is 1. The minimum atomic E-state index is 0.714. The van der Waals surface area contributed by atoms with Crippen molar-refractivity contribution in [3.63, 3.8) is 0 Å². The first-order chi connectivity index (χ1) is 6.31. The third-order valence-electron chi connectivity index (χ3n) is 3.75. The van der Waals surface area contributed by atoms with Crippen LogP contribution in [0.4, 0.5) is 0 Å². The van der Waals surface area contributed by atoms with Gasteiger partial charge in [0.05, 0.1) is 0 Å². The number of nitrogens with one attached hydrogen (secondary N) is 1. The molecule has 0 aromatic carbocycles. The average Bonchev–Trinajstić information content (AvgIpc) is 2.06. The Labute approximate surface area is 81.7 Å². The zero-order valence-corrected chi connectivity index (χ0v) is 8.92. The van der Waals surface area contributed by atoms with Crippen LogP contribution in [-0.4, -0.2) is 36.6 Å². The standard InChI is InChI=1S/C11H22N2/c1-3-10-7-13(8-10)11-5-4-6-12-9(11)2/h9-12H,3-8H2,1-2H3/t9-,11-/m1/s1. The van der Waals surface area contributed by atoms with E-state index in [4.69, 9.17) is 0 Å². The predicted molar refractivity (Wildman–Crippen MR) is 55.8 cm³/mol. The van der Waals surface area contributed by atoms with Crippen molar-refractivity contribution < 1.29 is 0 Å². The number of rotatable bonds is 2. The summed E-state index contributed by atoms with van der Waals surface area (Å²) in [5.41, 5.74) is 0. The molecule has 0 bridgehead atoms. The van der Waals surface area contributed by atoms with E-state index in [0.717, 1.165) is 12.0 Å². The predicted octanol–water partition coefficient (Wildman–Crippen LogP) is 1.47. The molecule has 2 saturated heterocycles. The summed E-state index contributed by atoms with van der Waals surface area (Å²) in [6.45, 7) is 8.58. The van der Waals surface area contributed by atoms with E-state index >= 15 is 0 Å². The zero-order chi connectivity index (χ0) is 9.26. The van der Waals surface area contributed by atoms with Gasteiger partial charge >= 0.3 is 0 Å². The van der Waals surface area contributed by atoms with Crippen LogP contribution in [0.15, 0.2) is 0 Å². The lowest BCUT2D eigenvalue weighted by Gasteiger charge is -2.48. The molecule has 0 aromatic heterocycles. The van der Waals surface area contributed by atoms with Gasteiger partial charge in [0, 0.05) is 25.2 Å². The third kappa shape index (κ3) is 1.89. The first-order valence-electron chi connectivity index (χ1n) is 5.78. The Balaban J connectivity index is 1.80. The van der Waals surface area contributed by atoms with E-state index in [-0.39, 0.29) is 0 Å². The molecule has 2 rings (SSSR count). The molecule has 2 aliphatic heterocycles. The van der Waals surface area contributed by atoms with Crippen LogP contribution in [0.1, 0.15) is 33.1 Å². The highest BCUT2D eigenvalue weighted by atomic mass is 15.2. The van der Waals surface area contributed by atoms with Gasteiger partial charge in [-0.1, -0.05) is 13.3 Å². The highest BCUT2D eigenvalue weighted by Crippen LogP contribution is 2.26. The molecule has 0 aromatic rings. The molecule has 2 aliphatic rings. The van der Waals surface area contributed by atoms with Gasteiger partial charge in [-0.15, -0.1) is 0 Å². The Kier molecular flexibility index (Phi) is 2.89. The van der Waals surface area contributed by atoms with Gasteiger partial charge in [-0.25, -0.2) is 0 Å². The molecule has 0 spiro atoms. The molecule has 13 heavy (non-hydrogen) atoms. The molecule has 2 fully saturated rings. The molecule has 0 amide bonds. The second-order valence-electron chi connectivity index (χ2n) is 4.68. The largest absolute Gasteiger partial charge is 0.313 e. The maximum Gasteiger partial charge on any atom is 0.0247 e. The molecular weight excluding hydrogens is 160 g/mol. The van der Waals surface area contributed by atoms with Crippen molar-refractivity contribution in [3.05, 3.63) is 0 Å². The molecule has 1 N–H and O–H groups in total. The van der Waals surface area contributed by atoms with Crippen molar-refractivity contribution in [2.45, 2.75) is 45.2 Å². The average molecular weight is 182 g/mol. The summed E-state index contributed by atoms with van der Waals surface area (Å²) in [4.78, 5) is 2.67. The van der Waals surface area contributed by atoms with Crippen molar-refractivity contribution in [3.8, 4) is 0 Å². The van der Waals surface area contributed by atoms with Crippen molar-refractivity contribution in [2.24, 2.45) is 5.92 Å². The fourth-order valence-corrected chi connectivity index (χ4v) is 2.66. The van der Waals surface area contributed by atoms with Crippen LogP contribution in [0, 0.1) is 5.92 Å². The lowest BCUT2D eigenvalue weighted by atomic mass is 9.89. The Morgan fingerprint density at radius 3 is 2.77 bits per heavy atom. The van der Waals surface area contributed by atoms with Gasteiger partial charge in [0.1, 0.15) is 0 Å². The van der Waals surface area contributed by atoms with Crippen molar-refractivity contribution >= 4 is 0 Å². The minimum Gasteiger partial charge on any atom is -0.313 e. The topological polar surface area (TPSA) is 15.3 Å². The smallest absolute Gasteiger partial charge is 0.0247 e. The van der Waals surface area contributed by atoms with Crippen LogP contribution >= 0.6 is 0 Å². The van der Waals surface area contributed by atoms with E-state index < -0.39 is 0 Å². The quantitative estimate of drug-likeness (QED) is 0.695. The number of nitrogens with zero attached hydrogens (tertiary/aromatic N) is 1. The van der Waals surface area contributed by atoms with Gasteiger partial charge in [-0.3, -0.25) is 4.90 Å². The van der Waals surface area contributed by atoms with Gasteiger partial charge in [-0.05, 0) is 32.2 Å². The molecule has 0 aliphatic carbocycles. The molecule has 2 nitrogen and oxygen atoms in total. The van der Waals surface area contributed by atoms with Crippen LogP contribution in [0.3, 0.4) is 0 Å². The second-order valence-corrected chi connectivity index (χ2v) is 4.68. The molecule has 76 valence electrons. The molecule has 0 unspecified atom stereocenters. The van der Waals surface area contributed by atoms with E-state index in [1.165, 1.54) is 38.9 Å². The van der Waals surface area contributed by atoms with E-state index in [2.05, 4.69) is 24.1 Å². The van der Waals surface area contributed by atoms with Crippen LogP contribution in [0.5, 0.6) is 0 Å². The maximum absolute atomic E-state index is 3.57. The lowest BCUT2D eigenvalue weighted by molar-refractivity contribution is 0.0226. The van der Waals surface area contributed by atoms with Crippen molar-refractivity contribution in [2.75, 3.05) is 19.6 Å². The Hall–Kier alpha value is -0.0800. The minimum absolute atomic E-state index is 0.714. The Bertz CT molecular complexity index is 163. The molecule has 2 atom stereocenters. The van der Waals surface area contributed by atoms with Gasteiger partial charge in [0.2, 0.25) is 0 Å².